The third-order valence-electron chi connectivity index (χ3n) is 3.49. The Balaban J connectivity index is 2.02. The number of phenolic OH excluding ortho intramolecular Hbond substituents is 1. The molecule has 0 radical (unpaired) electrons. The number of benzene rings is 1. The molecular formula is C14H18ClNO2. The zero-order chi connectivity index (χ0) is 13.0. The van der Waals surface area contributed by atoms with Crippen LogP contribution < -0.4 is 0 Å². The number of aromatic hydroxyl groups is 1. The number of halogens is 1. The minimum absolute atomic E-state index is 0.0573. The molecule has 1 N–H and O–H groups in total. The van der Waals surface area contributed by atoms with Gasteiger partial charge in [-0.3, -0.25) is 4.79 Å². The zero-order valence-electron chi connectivity index (χ0n) is 10.3. The fraction of sp³-hybridized carbons (Fsp3) is 0.500. The van der Waals surface area contributed by atoms with Crippen LogP contribution in [0.1, 0.15) is 24.8 Å². The van der Waals surface area contributed by atoms with Crippen LogP contribution in [0.4, 0.5) is 0 Å². The first-order valence-corrected chi connectivity index (χ1v) is 6.88. The highest BCUT2D eigenvalue weighted by molar-refractivity contribution is 6.18. The topological polar surface area (TPSA) is 40.5 Å². The van der Waals surface area contributed by atoms with Crippen LogP contribution in [0.5, 0.6) is 5.75 Å². The summed E-state index contributed by atoms with van der Waals surface area (Å²) in [6.07, 6.45) is 3.58. The van der Waals surface area contributed by atoms with Gasteiger partial charge in [0.25, 0.3) is 0 Å². The molecule has 0 atom stereocenters. The molecule has 4 heteroatoms. The zero-order valence-corrected chi connectivity index (χ0v) is 11.1. The first kappa shape index (κ1) is 13.2. The molecule has 1 fully saturated rings. The number of nitrogens with zero attached hydrogens (tertiary/aromatic N) is 1. The van der Waals surface area contributed by atoms with Crippen molar-refractivity contribution in [2.45, 2.75) is 31.7 Å². The monoisotopic (exact) mass is 267 g/mol. The first-order chi connectivity index (χ1) is 8.72. The number of amides is 1. The average Bonchev–Trinajstić information content (AvgIpc) is 2.29. The maximum absolute atomic E-state index is 12.2. The lowest BCUT2D eigenvalue weighted by Gasteiger charge is -2.37. The van der Waals surface area contributed by atoms with Crippen molar-refractivity contribution in [3.05, 3.63) is 29.8 Å². The summed E-state index contributed by atoms with van der Waals surface area (Å²) in [5.74, 6) is 0.704. The van der Waals surface area contributed by atoms with Crippen LogP contribution in [0.25, 0.3) is 0 Å². The van der Waals surface area contributed by atoms with E-state index in [1.54, 1.807) is 18.2 Å². The second-order valence-electron chi connectivity index (χ2n) is 4.67. The molecule has 98 valence electrons. The van der Waals surface area contributed by atoms with Crippen molar-refractivity contribution in [2.75, 3.05) is 12.4 Å². The maximum atomic E-state index is 12.2. The third kappa shape index (κ3) is 2.96. The van der Waals surface area contributed by atoms with Gasteiger partial charge in [-0.1, -0.05) is 18.2 Å². The van der Waals surface area contributed by atoms with E-state index in [2.05, 4.69) is 0 Å². The van der Waals surface area contributed by atoms with E-state index < -0.39 is 0 Å². The molecule has 1 aromatic rings. The predicted octanol–water partition coefficient (Wildman–Crippen LogP) is 2.55. The van der Waals surface area contributed by atoms with E-state index >= 15 is 0 Å². The molecule has 0 bridgehead atoms. The Morgan fingerprint density at radius 1 is 1.39 bits per heavy atom. The quantitative estimate of drug-likeness (QED) is 0.833. The predicted molar refractivity (Wildman–Crippen MR) is 71.9 cm³/mol. The lowest BCUT2D eigenvalue weighted by molar-refractivity contribution is -0.134. The second kappa shape index (κ2) is 6.10. The number of para-hydroxylation sites is 1. The van der Waals surface area contributed by atoms with Gasteiger partial charge in [0.05, 0.1) is 6.42 Å². The number of phenols is 1. The number of hydrogen-bond donors (Lipinski definition) is 1. The Morgan fingerprint density at radius 3 is 2.67 bits per heavy atom. The second-order valence-corrected chi connectivity index (χ2v) is 5.04. The standard InChI is InChI=1S/C14H18ClNO2/c15-8-9-16(12-5-3-6-12)14(18)10-11-4-1-2-7-13(11)17/h1-2,4,7,12,17H,3,5-6,8-10H2. The number of rotatable bonds is 5. The molecule has 0 aromatic heterocycles. The van der Waals surface area contributed by atoms with Gasteiger partial charge in [-0.15, -0.1) is 11.6 Å². The lowest BCUT2D eigenvalue weighted by atomic mass is 9.91. The van der Waals surface area contributed by atoms with Crippen LogP contribution in [-0.4, -0.2) is 34.4 Å². The Hall–Kier alpha value is -1.22. The molecule has 3 nitrogen and oxygen atoms in total. The minimum Gasteiger partial charge on any atom is -0.508 e. The van der Waals surface area contributed by atoms with Crippen LogP contribution in [0, 0.1) is 0 Å². The Kier molecular flexibility index (Phi) is 4.48. The summed E-state index contributed by atoms with van der Waals surface area (Å²) in [4.78, 5) is 14.1. The van der Waals surface area contributed by atoms with Gasteiger partial charge in [0, 0.05) is 24.0 Å². The van der Waals surface area contributed by atoms with Crippen molar-refractivity contribution >= 4 is 17.5 Å². The lowest BCUT2D eigenvalue weighted by Crippen LogP contribution is -2.45. The molecule has 1 aliphatic rings. The summed E-state index contributed by atoms with van der Waals surface area (Å²) in [5, 5.41) is 9.68. The van der Waals surface area contributed by atoms with Crippen molar-refractivity contribution in [2.24, 2.45) is 0 Å². The Morgan fingerprint density at radius 2 is 2.11 bits per heavy atom. The van der Waals surface area contributed by atoms with Crippen molar-refractivity contribution in [3.8, 4) is 5.75 Å². The average molecular weight is 268 g/mol. The molecule has 1 aliphatic carbocycles. The van der Waals surface area contributed by atoms with Gasteiger partial charge in [-0.25, -0.2) is 0 Å². The molecule has 0 saturated heterocycles. The van der Waals surface area contributed by atoms with Crippen molar-refractivity contribution in [1.29, 1.82) is 0 Å². The number of hydrogen-bond acceptors (Lipinski definition) is 2. The van der Waals surface area contributed by atoms with Crippen LogP contribution in [0.2, 0.25) is 0 Å². The molecule has 2 rings (SSSR count). The highest BCUT2D eigenvalue weighted by Gasteiger charge is 2.28. The summed E-state index contributed by atoms with van der Waals surface area (Å²) in [5.41, 5.74) is 0.682. The van der Waals surface area contributed by atoms with Gasteiger partial charge in [0.1, 0.15) is 5.75 Å². The Labute approximate surface area is 112 Å². The largest absolute Gasteiger partial charge is 0.508 e. The molecule has 1 amide bonds. The van der Waals surface area contributed by atoms with Crippen molar-refractivity contribution < 1.29 is 9.90 Å². The molecule has 0 spiro atoms. The van der Waals surface area contributed by atoms with E-state index in [1.165, 1.54) is 6.42 Å². The van der Waals surface area contributed by atoms with E-state index in [-0.39, 0.29) is 18.1 Å². The SMILES string of the molecule is O=C(Cc1ccccc1O)N(CCCl)C1CCC1. The van der Waals surface area contributed by atoms with Gasteiger partial charge in [0.15, 0.2) is 0 Å². The van der Waals surface area contributed by atoms with Gasteiger partial charge >= 0.3 is 0 Å². The van der Waals surface area contributed by atoms with Crippen LogP contribution in [-0.2, 0) is 11.2 Å². The van der Waals surface area contributed by atoms with E-state index in [0.29, 0.717) is 24.0 Å². The number of alkyl halides is 1. The van der Waals surface area contributed by atoms with Gasteiger partial charge < -0.3 is 10.0 Å². The Bertz CT molecular complexity index is 418. The van der Waals surface area contributed by atoms with Gasteiger partial charge in [-0.05, 0) is 25.3 Å². The molecule has 0 aliphatic heterocycles. The van der Waals surface area contributed by atoms with E-state index in [1.807, 2.05) is 11.0 Å². The summed E-state index contributed by atoms with van der Waals surface area (Å²) in [6, 6.07) is 7.33. The minimum atomic E-state index is 0.0573. The van der Waals surface area contributed by atoms with Gasteiger partial charge in [0.2, 0.25) is 5.91 Å². The highest BCUT2D eigenvalue weighted by atomic mass is 35.5. The van der Waals surface area contributed by atoms with Crippen LogP contribution in [0.15, 0.2) is 24.3 Å². The smallest absolute Gasteiger partial charge is 0.227 e. The molecular weight excluding hydrogens is 250 g/mol. The van der Waals surface area contributed by atoms with Crippen LogP contribution in [0.3, 0.4) is 0 Å². The summed E-state index contributed by atoms with van der Waals surface area (Å²) >= 11 is 5.76. The van der Waals surface area contributed by atoms with E-state index in [9.17, 15) is 9.90 Å². The number of carbonyl (C=O) groups excluding carboxylic acids is 1. The molecule has 0 unspecified atom stereocenters. The number of carbonyl (C=O) groups is 1. The van der Waals surface area contributed by atoms with E-state index in [4.69, 9.17) is 11.6 Å². The van der Waals surface area contributed by atoms with Gasteiger partial charge in [-0.2, -0.15) is 0 Å². The first-order valence-electron chi connectivity index (χ1n) is 6.34. The molecule has 1 saturated carbocycles. The normalized spacial score (nSPS) is 15.2. The third-order valence-corrected chi connectivity index (χ3v) is 3.66. The fourth-order valence-electron chi connectivity index (χ4n) is 2.23. The fourth-order valence-corrected chi connectivity index (χ4v) is 2.41. The van der Waals surface area contributed by atoms with Crippen molar-refractivity contribution in [3.63, 3.8) is 0 Å². The van der Waals surface area contributed by atoms with Crippen molar-refractivity contribution in [1.82, 2.24) is 4.90 Å². The molecule has 1 aromatic carbocycles. The molecule has 18 heavy (non-hydrogen) atoms. The highest BCUT2D eigenvalue weighted by Crippen LogP contribution is 2.26. The summed E-state index contributed by atoms with van der Waals surface area (Å²) in [6.45, 7) is 0.596. The maximum Gasteiger partial charge on any atom is 0.227 e. The van der Waals surface area contributed by atoms with E-state index in [0.717, 1.165) is 12.8 Å². The van der Waals surface area contributed by atoms with Crippen LogP contribution >= 0.6 is 11.6 Å². The summed E-state index contributed by atoms with van der Waals surface area (Å²) < 4.78 is 0. The summed E-state index contributed by atoms with van der Waals surface area (Å²) in [7, 11) is 0. The molecule has 0 heterocycles.